The highest BCUT2D eigenvalue weighted by Gasteiger charge is 2.08. The standard InChI is InChI=1S/C5H9O3/c1-3-8-5(7)4(2)6/h4,6H,1,3H2,2H3/q+1/t4-/m0/s1. The highest BCUT2D eigenvalue weighted by Crippen LogP contribution is 1.83. The predicted octanol–water partition coefficient (Wildman–Crippen LogP) is -0.256. The quantitative estimate of drug-likeness (QED) is 0.400. The first-order valence-corrected chi connectivity index (χ1v) is 2.32. The third-order valence-electron chi connectivity index (χ3n) is 0.585. The number of carbonyl (C=O) groups is 1. The van der Waals surface area contributed by atoms with E-state index in [9.17, 15) is 4.79 Å². The molecule has 8 heavy (non-hydrogen) atoms. The Morgan fingerprint density at radius 3 is 2.62 bits per heavy atom. The summed E-state index contributed by atoms with van der Waals surface area (Å²) >= 11 is 0. The molecule has 0 bridgehead atoms. The summed E-state index contributed by atoms with van der Waals surface area (Å²) in [7, 11) is 0. The molecular weight excluding hydrogens is 108 g/mol. The van der Waals surface area contributed by atoms with E-state index in [1.165, 1.54) is 6.92 Å². The minimum atomic E-state index is -1.03. The second kappa shape index (κ2) is 3.32. The first kappa shape index (κ1) is 7.30. The van der Waals surface area contributed by atoms with E-state index < -0.39 is 12.1 Å². The summed E-state index contributed by atoms with van der Waals surface area (Å²) in [5, 5.41) is 8.45. The fourth-order valence-electron chi connectivity index (χ4n) is 0.221. The molecule has 1 N–H and O–H groups in total. The molecule has 46 valence electrons. The zero-order chi connectivity index (χ0) is 6.57. The molecule has 0 radical (unpaired) electrons. The zero-order valence-electron chi connectivity index (χ0n) is 4.76. The van der Waals surface area contributed by atoms with Gasteiger partial charge < -0.3 is 9.84 Å². The Labute approximate surface area is 48.3 Å². The van der Waals surface area contributed by atoms with Crippen molar-refractivity contribution >= 4 is 5.97 Å². The monoisotopic (exact) mass is 117 g/mol. The lowest BCUT2D eigenvalue weighted by atomic mass is 10.4. The van der Waals surface area contributed by atoms with Gasteiger partial charge in [0, 0.05) is 0 Å². The first-order valence-electron chi connectivity index (χ1n) is 2.32. The number of hydrogen-bond donors (Lipinski definition) is 1. The largest absolute Gasteiger partial charge is 0.421 e. The number of rotatable bonds is 2. The minimum Gasteiger partial charge on any atom is -0.421 e. The van der Waals surface area contributed by atoms with Crippen LogP contribution in [-0.4, -0.2) is 23.8 Å². The van der Waals surface area contributed by atoms with Gasteiger partial charge in [-0.05, 0) is 6.92 Å². The molecule has 3 heteroatoms. The van der Waals surface area contributed by atoms with Gasteiger partial charge in [-0.3, -0.25) is 0 Å². The molecule has 0 heterocycles. The highest BCUT2D eigenvalue weighted by atomic mass is 16.5. The van der Waals surface area contributed by atoms with Gasteiger partial charge in [0.2, 0.25) is 6.61 Å². The van der Waals surface area contributed by atoms with Crippen molar-refractivity contribution in [2.75, 3.05) is 6.61 Å². The van der Waals surface area contributed by atoms with Crippen molar-refractivity contribution in [3.8, 4) is 0 Å². The van der Waals surface area contributed by atoms with Gasteiger partial charge in [-0.1, -0.05) is 0 Å². The van der Waals surface area contributed by atoms with Crippen LogP contribution in [0.5, 0.6) is 0 Å². The molecule has 1 atom stereocenters. The molecule has 0 amide bonds. The van der Waals surface area contributed by atoms with Gasteiger partial charge in [-0.2, -0.15) is 0 Å². The third kappa shape index (κ3) is 2.47. The molecule has 0 aromatic heterocycles. The van der Waals surface area contributed by atoms with E-state index in [0.29, 0.717) is 0 Å². The Morgan fingerprint density at radius 2 is 2.50 bits per heavy atom. The van der Waals surface area contributed by atoms with E-state index in [4.69, 9.17) is 5.11 Å². The zero-order valence-corrected chi connectivity index (χ0v) is 4.76. The van der Waals surface area contributed by atoms with Crippen LogP contribution in [0.4, 0.5) is 0 Å². The summed E-state index contributed by atoms with van der Waals surface area (Å²) < 4.78 is 4.30. The molecule has 0 aliphatic rings. The number of ether oxygens (including phenoxy) is 1. The molecule has 0 aliphatic carbocycles. The van der Waals surface area contributed by atoms with Gasteiger partial charge in [0.1, 0.15) is 13.0 Å². The normalized spacial score (nSPS) is 12.8. The SMILES string of the molecule is [CH2+]COC(=O)[C@H](C)O. The van der Waals surface area contributed by atoms with Gasteiger partial charge in [-0.25, -0.2) is 4.79 Å². The van der Waals surface area contributed by atoms with Crippen molar-refractivity contribution in [3.05, 3.63) is 6.92 Å². The van der Waals surface area contributed by atoms with Crippen LogP contribution >= 0.6 is 0 Å². The molecule has 0 fully saturated rings. The summed E-state index contributed by atoms with van der Waals surface area (Å²) in [5.41, 5.74) is 0. The second-order valence-corrected chi connectivity index (χ2v) is 1.34. The lowest BCUT2D eigenvalue weighted by molar-refractivity contribution is -0.151. The number of esters is 1. The van der Waals surface area contributed by atoms with Crippen molar-refractivity contribution in [3.63, 3.8) is 0 Å². The molecular formula is C5H9O3+. The fourth-order valence-corrected chi connectivity index (χ4v) is 0.221. The molecule has 0 aromatic carbocycles. The molecule has 0 spiro atoms. The third-order valence-corrected chi connectivity index (χ3v) is 0.585. The molecule has 0 aliphatic heterocycles. The number of carbonyl (C=O) groups excluding carboxylic acids is 1. The van der Waals surface area contributed by atoms with Gasteiger partial charge in [0.25, 0.3) is 0 Å². The second-order valence-electron chi connectivity index (χ2n) is 1.34. The van der Waals surface area contributed by atoms with Gasteiger partial charge in [0.05, 0.1) is 0 Å². The summed E-state index contributed by atoms with van der Waals surface area (Å²) in [6.45, 7) is 4.67. The summed E-state index contributed by atoms with van der Waals surface area (Å²) in [6, 6.07) is 0. The highest BCUT2D eigenvalue weighted by molar-refractivity contribution is 5.73. The van der Waals surface area contributed by atoms with E-state index >= 15 is 0 Å². The maximum atomic E-state index is 10.2. The van der Waals surface area contributed by atoms with Gasteiger partial charge in [-0.15, -0.1) is 0 Å². The lowest BCUT2D eigenvalue weighted by Crippen LogP contribution is -2.18. The predicted molar refractivity (Wildman–Crippen MR) is 28.0 cm³/mol. The van der Waals surface area contributed by atoms with Crippen LogP contribution in [0.2, 0.25) is 0 Å². The smallest absolute Gasteiger partial charge is 0.338 e. The van der Waals surface area contributed by atoms with E-state index in [-0.39, 0.29) is 6.61 Å². The van der Waals surface area contributed by atoms with Crippen LogP contribution in [0.25, 0.3) is 0 Å². The molecule has 0 saturated carbocycles. The van der Waals surface area contributed by atoms with Crippen LogP contribution in [-0.2, 0) is 9.53 Å². The Balaban J connectivity index is 3.33. The fraction of sp³-hybridized carbons (Fsp3) is 0.600. The van der Waals surface area contributed by atoms with E-state index in [1.54, 1.807) is 0 Å². The van der Waals surface area contributed by atoms with Crippen molar-refractivity contribution in [2.24, 2.45) is 0 Å². The van der Waals surface area contributed by atoms with Crippen LogP contribution in [0.1, 0.15) is 6.92 Å². The Kier molecular flexibility index (Phi) is 3.03. The van der Waals surface area contributed by atoms with Crippen molar-refractivity contribution in [1.82, 2.24) is 0 Å². The topological polar surface area (TPSA) is 46.5 Å². The Hall–Kier alpha value is -0.700. The maximum absolute atomic E-state index is 10.2. The van der Waals surface area contributed by atoms with E-state index in [1.807, 2.05) is 0 Å². The molecule has 3 nitrogen and oxygen atoms in total. The maximum Gasteiger partial charge on any atom is 0.338 e. The number of hydrogen-bond acceptors (Lipinski definition) is 3. The van der Waals surface area contributed by atoms with Crippen LogP contribution in [0.15, 0.2) is 0 Å². The van der Waals surface area contributed by atoms with Crippen LogP contribution < -0.4 is 0 Å². The Bertz CT molecular complexity index is 77.7. The number of aliphatic hydroxyl groups excluding tert-OH is 1. The molecule has 0 aromatic rings. The molecule has 0 rings (SSSR count). The van der Waals surface area contributed by atoms with Crippen LogP contribution in [0, 0.1) is 6.92 Å². The average Bonchev–Trinajstić information content (AvgIpc) is 1.67. The van der Waals surface area contributed by atoms with Gasteiger partial charge >= 0.3 is 5.97 Å². The first-order chi connectivity index (χ1) is 3.68. The van der Waals surface area contributed by atoms with Crippen molar-refractivity contribution in [2.45, 2.75) is 13.0 Å². The number of aliphatic hydroxyl groups is 1. The van der Waals surface area contributed by atoms with Gasteiger partial charge in [0.15, 0.2) is 0 Å². The summed E-state index contributed by atoms with van der Waals surface area (Å²) in [5.74, 6) is -0.625. The van der Waals surface area contributed by atoms with Crippen molar-refractivity contribution < 1.29 is 14.6 Å². The molecule has 0 unspecified atom stereocenters. The summed E-state index contributed by atoms with van der Waals surface area (Å²) in [6.07, 6.45) is -1.03. The average molecular weight is 117 g/mol. The van der Waals surface area contributed by atoms with E-state index in [2.05, 4.69) is 11.7 Å². The lowest BCUT2D eigenvalue weighted by Gasteiger charge is -1.98. The van der Waals surface area contributed by atoms with Crippen molar-refractivity contribution in [1.29, 1.82) is 0 Å². The summed E-state index contributed by atoms with van der Waals surface area (Å²) in [4.78, 5) is 10.2. The minimum absolute atomic E-state index is 0.0731. The van der Waals surface area contributed by atoms with E-state index in [0.717, 1.165) is 0 Å². The Morgan fingerprint density at radius 1 is 2.00 bits per heavy atom. The van der Waals surface area contributed by atoms with Crippen LogP contribution in [0.3, 0.4) is 0 Å². The molecule has 0 saturated heterocycles.